The van der Waals surface area contributed by atoms with E-state index in [4.69, 9.17) is 9.47 Å². The average Bonchev–Trinajstić information content (AvgIpc) is 3.18. The third-order valence-electron chi connectivity index (χ3n) is 4.82. The lowest BCUT2D eigenvalue weighted by molar-refractivity contribution is -0.127. The van der Waals surface area contributed by atoms with Gasteiger partial charge in [-0.1, -0.05) is 12.8 Å². The molecule has 0 aliphatic heterocycles. The minimum atomic E-state index is -0.0721. The highest BCUT2D eigenvalue weighted by molar-refractivity contribution is 14.0. The second kappa shape index (κ2) is 12.0. The summed E-state index contributed by atoms with van der Waals surface area (Å²) in [5.74, 6) is 2.16. The second-order valence-electron chi connectivity index (χ2n) is 7.05. The SMILES string of the molecule is COc1ccc(OC)c(C(C)NC(=NCC(=O)N(C)C)NC2CCCC2)c1.I. The third kappa shape index (κ3) is 7.03. The van der Waals surface area contributed by atoms with Crippen LogP contribution in [0.5, 0.6) is 11.5 Å². The number of hydrogen-bond donors (Lipinski definition) is 2. The summed E-state index contributed by atoms with van der Waals surface area (Å²) in [6, 6.07) is 6.04. The summed E-state index contributed by atoms with van der Waals surface area (Å²) in [5.41, 5.74) is 0.969. The Morgan fingerprint density at radius 2 is 1.93 bits per heavy atom. The quantitative estimate of drug-likeness (QED) is 0.340. The Morgan fingerprint density at radius 3 is 2.50 bits per heavy atom. The molecule has 2 N–H and O–H groups in total. The van der Waals surface area contributed by atoms with Crippen LogP contribution < -0.4 is 20.1 Å². The number of amides is 1. The molecule has 1 fully saturated rings. The monoisotopic (exact) mass is 504 g/mol. The Hall–Kier alpha value is -1.71. The number of likely N-dealkylation sites (N-methyl/N-ethyl adjacent to an activating group) is 1. The summed E-state index contributed by atoms with van der Waals surface area (Å²) >= 11 is 0. The van der Waals surface area contributed by atoms with Crippen LogP contribution in [0.2, 0.25) is 0 Å². The fourth-order valence-corrected chi connectivity index (χ4v) is 3.15. The lowest BCUT2D eigenvalue weighted by Gasteiger charge is -2.23. The molecule has 1 aliphatic rings. The molecule has 1 unspecified atom stereocenters. The lowest BCUT2D eigenvalue weighted by atomic mass is 10.1. The molecule has 0 radical (unpaired) electrons. The molecule has 28 heavy (non-hydrogen) atoms. The van der Waals surface area contributed by atoms with E-state index in [1.807, 2.05) is 25.1 Å². The molecule has 7 nitrogen and oxygen atoms in total. The van der Waals surface area contributed by atoms with Crippen molar-refractivity contribution in [2.45, 2.75) is 44.7 Å². The van der Waals surface area contributed by atoms with Gasteiger partial charge in [-0.3, -0.25) is 4.79 Å². The van der Waals surface area contributed by atoms with Crippen molar-refractivity contribution in [3.05, 3.63) is 23.8 Å². The van der Waals surface area contributed by atoms with Crippen LogP contribution in [0.1, 0.15) is 44.2 Å². The largest absolute Gasteiger partial charge is 0.497 e. The van der Waals surface area contributed by atoms with E-state index in [9.17, 15) is 4.79 Å². The zero-order chi connectivity index (χ0) is 19.8. The number of aliphatic imine (C=N–C) groups is 1. The first kappa shape index (κ1) is 24.3. The molecule has 1 aromatic carbocycles. The number of hydrogen-bond acceptors (Lipinski definition) is 4. The van der Waals surface area contributed by atoms with Crippen LogP contribution >= 0.6 is 24.0 Å². The molecule has 0 spiro atoms. The van der Waals surface area contributed by atoms with Crippen LogP contribution in [-0.4, -0.2) is 57.7 Å². The van der Waals surface area contributed by atoms with Crippen molar-refractivity contribution in [2.75, 3.05) is 34.9 Å². The minimum absolute atomic E-state index is 0. The summed E-state index contributed by atoms with van der Waals surface area (Å²) in [6.45, 7) is 2.15. The molecular weight excluding hydrogens is 471 g/mol. The number of rotatable bonds is 7. The first-order valence-corrected chi connectivity index (χ1v) is 9.44. The van der Waals surface area contributed by atoms with Crippen LogP contribution in [0.25, 0.3) is 0 Å². The maximum Gasteiger partial charge on any atom is 0.243 e. The molecule has 158 valence electrons. The van der Waals surface area contributed by atoms with Gasteiger partial charge in [0.1, 0.15) is 18.0 Å². The second-order valence-corrected chi connectivity index (χ2v) is 7.05. The van der Waals surface area contributed by atoms with Gasteiger partial charge in [0.25, 0.3) is 0 Å². The van der Waals surface area contributed by atoms with E-state index in [0.717, 1.165) is 29.9 Å². The van der Waals surface area contributed by atoms with E-state index in [1.54, 1.807) is 33.2 Å². The van der Waals surface area contributed by atoms with Gasteiger partial charge in [-0.05, 0) is 38.0 Å². The Labute approximate surface area is 185 Å². The van der Waals surface area contributed by atoms with Crippen molar-refractivity contribution in [1.29, 1.82) is 0 Å². The standard InChI is InChI=1S/C20H32N4O3.HI/c1-14(17-12-16(26-4)10-11-18(17)27-5)22-20(21-13-19(25)24(2)3)23-15-8-6-7-9-15;/h10-12,14-15H,6-9,13H2,1-5H3,(H2,21,22,23);1H. The highest BCUT2D eigenvalue weighted by Crippen LogP contribution is 2.29. The predicted molar refractivity (Wildman–Crippen MR) is 123 cm³/mol. The van der Waals surface area contributed by atoms with E-state index < -0.39 is 0 Å². The number of nitrogens with one attached hydrogen (secondary N) is 2. The number of carbonyl (C=O) groups is 1. The molecule has 2 rings (SSSR count). The van der Waals surface area contributed by atoms with Crippen LogP contribution in [0.15, 0.2) is 23.2 Å². The number of benzene rings is 1. The van der Waals surface area contributed by atoms with Crippen molar-refractivity contribution in [2.24, 2.45) is 4.99 Å². The summed E-state index contributed by atoms with van der Waals surface area (Å²) < 4.78 is 10.8. The van der Waals surface area contributed by atoms with Gasteiger partial charge in [-0.15, -0.1) is 24.0 Å². The van der Waals surface area contributed by atoms with E-state index in [-0.39, 0.29) is 42.5 Å². The maximum absolute atomic E-state index is 12.0. The van der Waals surface area contributed by atoms with Crippen LogP contribution in [0.3, 0.4) is 0 Å². The summed E-state index contributed by atoms with van der Waals surface area (Å²) in [4.78, 5) is 18.0. The van der Waals surface area contributed by atoms with Gasteiger partial charge in [-0.2, -0.15) is 0 Å². The van der Waals surface area contributed by atoms with Crippen molar-refractivity contribution >= 4 is 35.8 Å². The molecule has 1 saturated carbocycles. The lowest BCUT2D eigenvalue weighted by Crippen LogP contribution is -2.44. The number of halogens is 1. The van der Waals surface area contributed by atoms with Crippen LogP contribution in [0.4, 0.5) is 0 Å². The molecule has 1 aromatic rings. The van der Waals surface area contributed by atoms with Gasteiger partial charge in [0.05, 0.1) is 20.3 Å². The van der Waals surface area contributed by atoms with E-state index >= 15 is 0 Å². The van der Waals surface area contributed by atoms with E-state index in [1.165, 1.54) is 12.8 Å². The van der Waals surface area contributed by atoms with Gasteiger partial charge < -0.3 is 25.0 Å². The van der Waals surface area contributed by atoms with Gasteiger partial charge >= 0.3 is 0 Å². The number of carbonyl (C=O) groups excluding carboxylic acids is 1. The Balaban J connectivity index is 0.00000392. The fraction of sp³-hybridized carbons (Fsp3) is 0.600. The Kier molecular flexibility index (Phi) is 10.4. The molecule has 0 aromatic heterocycles. The molecule has 0 bridgehead atoms. The Morgan fingerprint density at radius 1 is 1.25 bits per heavy atom. The van der Waals surface area contributed by atoms with Gasteiger partial charge in [-0.25, -0.2) is 4.99 Å². The first-order valence-electron chi connectivity index (χ1n) is 9.44. The van der Waals surface area contributed by atoms with Crippen LogP contribution in [0, 0.1) is 0 Å². The van der Waals surface area contributed by atoms with E-state index in [0.29, 0.717) is 12.0 Å². The summed E-state index contributed by atoms with van der Waals surface area (Å²) in [7, 11) is 6.77. The smallest absolute Gasteiger partial charge is 0.243 e. The summed E-state index contributed by atoms with van der Waals surface area (Å²) in [5, 5.41) is 6.89. The fourth-order valence-electron chi connectivity index (χ4n) is 3.15. The molecular formula is C20H33IN4O3. The zero-order valence-corrected chi connectivity index (χ0v) is 19.8. The minimum Gasteiger partial charge on any atom is -0.497 e. The summed E-state index contributed by atoms with van der Waals surface area (Å²) in [6.07, 6.45) is 4.69. The maximum atomic E-state index is 12.0. The number of ether oxygens (including phenoxy) is 2. The first-order chi connectivity index (χ1) is 12.9. The molecule has 1 atom stereocenters. The van der Waals surface area contributed by atoms with Gasteiger partial charge in [0.2, 0.25) is 5.91 Å². The van der Waals surface area contributed by atoms with Crippen molar-refractivity contribution < 1.29 is 14.3 Å². The molecule has 0 heterocycles. The van der Waals surface area contributed by atoms with Crippen LogP contribution in [-0.2, 0) is 4.79 Å². The molecule has 8 heteroatoms. The van der Waals surface area contributed by atoms with Crippen molar-refractivity contribution in [1.82, 2.24) is 15.5 Å². The van der Waals surface area contributed by atoms with Crippen molar-refractivity contribution in [3.8, 4) is 11.5 Å². The molecule has 0 saturated heterocycles. The predicted octanol–water partition coefficient (Wildman–Crippen LogP) is 2.95. The topological polar surface area (TPSA) is 75.2 Å². The number of methoxy groups -OCH3 is 2. The normalized spacial score (nSPS) is 15.4. The number of guanidine groups is 1. The molecule has 1 aliphatic carbocycles. The van der Waals surface area contributed by atoms with Crippen molar-refractivity contribution in [3.63, 3.8) is 0 Å². The Bertz CT molecular complexity index is 661. The zero-order valence-electron chi connectivity index (χ0n) is 17.4. The highest BCUT2D eigenvalue weighted by Gasteiger charge is 2.19. The highest BCUT2D eigenvalue weighted by atomic mass is 127. The number of nitrogens with zero attached hydrogens (tertiary/aromatic N) is 2. The third-order valence-corrected chi connectivity index (χ3v) is 4.82. The van der Waals surface area contributed by atoms with Gasteiger partial charge in [0.15, 0.2) is 5.96 Å². The molecule has 1 amide bonds. The van der Waals surface area contributed by atoms with Gasteiger partial charge in [0, 0.05) is 25.7 Å². The average molecular weight is 504 g/mol. The van der Waals surface area contributed by atoms with E-state index in [2.05, 4.69) is 15.6 Å².